The van der Waals surface area contributed by atoms with Gasteiger partial charge in [0.1, 0.15) is 5.82 Å². The fourth-order valence-corrected chi connectivity index (χ4v) is 2.29. The minimum atomic E-state index is -0.294. The molecule has 0 radical (unpaired) electrons. The van der Waals surface area contributed by atoms with Crippen molar-refractivity contribution in [1.82, 2.24) is 14.8 Å². The summed E-state index contributed by atoms with van der Waals surface area (Å²) in [6.07, 6.45) is 0. The number of hydrogen-bond acceptors (Lipinski definition) is 3. The van der Waals surface area contributed by atoms with Crippen molar-refractivity contribution in [2.45, 2.75) is 13.0 Å². The standard InChI is InChI=1S/C16H16N4/c1-12-18-19-16(15(17)13-8-4-2-5-9-13)20(12)14-10-6-3-7-11-14/h2-11,15H,17H2,1H3. The van der Waals surface area contributed by atoms with Crippen LogP contribution in [0.2, 0.25) is 0 Å². The first-order chi connectivity index (χ1) is 9.77. The van der Waals surface area contributed by atoms with Crippen LogP contribution in [0.3, 0.4) is 0 Å². The second-order valence-electron chi connectivity index (χ2n) is 4.66. The largest absolute Gasteiger partial charge is 0.318 e. The highest BCUT2D eigenvalue weighted by Gasteiger charge is 2.18. The lowest BCUT2D eigenvalue weighted by atomic mass is 10.1. The first kappa shape index (κ1) is 12.6. The number of aromatic nitrogens is 3. The summed E-state index contributed by atoms with van der Waals surface area (Å²) in [6.45, 7) is 1.93. The molecule has 3 rings (SSSR count). The van der Waals surface area contributed by atoms with Gasteiger partial charge in [0.2, 0.25) is 0 Å². The minimum Gasteiger partial charge on any atom is -0.318 e. The summed E-state index contributed by atoms with van der Waals surface area (Å²) in [6, 6.07) is 19.7. The Morgan fingerprint density at radius 1 is 0.900 bits per heavy atom. The van der Waals surface area contributed by atoms with E-state index in [1.165, 1.54) is 0 Å². The van der Waals surface area contributed by atoms with Gasteiger partial charge in [0.05, 0.1) is 6.04 Å². The zero-order valence-corrected chi connectivity index (χ0v) is 11.3. The molecular weight excluding hydrogens is 248 g/mol. The number of para-hydroxylation sites is 1. The van der Waals surface area contributed by atoms with E-state index in [-0.39, 0.29) is 6.04 Å². The van der Waals surface area contributed by atoms with Crippen LogP contribution in [0, 0.1) is 6.92 Å². The third-order valence-corrected chi connectivity index (χ3v) is 3.30. The van der Waals surface area contributed by atoms with Gasteiger partial charge in [0.25, 0.3) is 0 Å². The first-order valence-corrected chi connectivity index (χ1v) is 6.55. The summed E-state index contributed by atoms with van der Waals surface area (Å²) in [7, 11) is 0. The molecule has 4 nitrogen and oxygen atoms in total. The topological polar surface area (TPSA) is 56.7 Å². The molecule has 0 spiro atoms. The molecule has 20 heavy (non-hydrogen) atoms. The molecule has 2 N–H and O–H groups in total. The number of benzene rings is 2. The smallest absolute Gasteiger partial charge is 0.159 e. The second kappa shape index (κ2) is 5.27. The van der Waals surface area contributed by atoms with Gasteiger partial charge in [0.15, 0.2) is 5.82 Å². The molecule has 3 aromatic rings. The van der Waals surface area contributed by atoms with Crippen molar-refractivity contribution >= 4 is 0 Å². The zero-order chi connectivity index (χ0) is 13.9. The lowest BCUT2D eigenvalue weighted by molar-refractivity contribution is 0.748. The number of aryl methyl sites for hydroxylation is 1. The Balaban J connectivity index is 2.08. The Labute approximate surface area is 117 Å². The molecule has 0 amide bonds. The van der Waals surface area contributed by atoms with Crippen molar-refractivity contribution in [2.75, 3.05) is 0 Å². The molecule has 1 unspecified atom stereocenters. The summed E-state index contributed by atoms with van der Waals surface area (Å²) >= 11 is 0. The summed E-state index contributed by atoms with van der Waals surface area (Å²) in [5, 5.41) is 8.43. The van der Waals surface area contributed by atoms with E-state index < -0.39 is 0 Å². The van der Waals surface area contributed by atoms with E-state index in [2.05, 4.69) is 10.2 Å². The molecule has 0 aliphatic rings. The van der Waals surface area contributed by atoms with Gasteiger partial charge in [-0.3, -0.25) is 4.57 Å². The summed E-state index contributed by atoms with van der Waals surface area (Å²) in [5.41, 5.74) is 8.39. The Morgan fingerprint density at radius 3 is 2.15 bits per heavy atom. The molecule has 4 heteroatoms. The van der Waals surface area contributed by atoms with Gasteiger partial charge in [-0.15, -0.1) is 10.2 Å². The number of nitrogens with two attached hydrogens (primary N) is 1. The average molecular weight is 264 g/mol. The fraction of sp³-hybridized carbons (Fsp3) is 0.125. The first-order valence-electron chi connectivity index (χ1n) is 6.55. The summed E-state index contributed by atoms with van der Waals surface area (Å²) in [4.78, 5) is 0. The van der Waals surface area contributed by atoms with Gasteiger partial charge in [-0.1, -0.05) is 48.5 Å². The Morgan fingerprint density at radius 2 is 1.50 bits per heavy atom. The van der Waals surface area contributed by atoms with Crippen LogP contribution in [-0.2, 0) is 0 Å². The second-order valence-corrected chi connectivity index (χ2v) is 4.66. The van der Waals surface area contributed by atoms with E-state index >= 15 is 0 Å². The van der Waals surface area contributed by atoms with E-state index in [0.29, 0.717) is 0 Å². The highest BCUT2D eigenvalue weighted by atomic mass is 15.3. The van der Waals surface area contributed by atoms with Crippen LogP contribution in [0.15, 0.2) is 60.7 Å². The van der Waals surface area contributed by atoms with E-state index in [4.69, 9.17) is 5.73 Å². The Hall–Kier alpha value is -2.46. The maximum atomic E-state index is 6.34. The van der Waals surface area contributed by atoms with E-state index in [1.54, 1.807) is 0 Å². The normalized spacial score (nSPS) is 12.3. The van der Waals surface area contributed by atoms with Crippen molar-refractivity contribution in [3.63, 3.8) is 0 Å². The van der Waals surface area contributed by atoms with Gasteiger partial charge in [0, 0.05) is 5.69 Å². The van der Waals surface area contributed by atoms with Gasteiger partial charge in [-0.05, 0) is 24.6 Å². The zero-order valence-electron chi connectivity index (χ0n) is 11.3. The highest BCUT2D eigenvalue weighted by Crippen LogP contribution is 2.21. The quantitative estimate of drug-likeness (QED) is 0.791. The molecule has 1 atom stereocenters. The monoisotopic (exact) mass is 264 g/mol. The van der Waals surface area contributed by atoms with Gasteiger partial charge in [-0.25, -0.2) is 0 Å². The van der Waals surface area contributed by atoms with Crippen molar-refractivity contribution in [3.05, 3.63) is 77.9 Å². The molecule has 0 saturated carbocycles. The molecular formula is C16H16N4. The van der Waals surface area contributed by atoms with E-state index in [9.17, 15) is 0 Å². The van der Waals surface area contributed by atoms with Gasteiger partial charge >= 0.3 is 0 Å². The molecule has 2 aromatic carbocycles. The van der Waals surface area contributed by atoms with Crippen LogP contribution in [0.25, 0.3) is 5.69 Å². The number of nitrogens with zero attached hydrogens (tertiary/aromatic N) is 3. The molecule has 1 aromatic heterocycles. The third kappa shape index (κ3) is 2.21. The molecule has 0 bridgehead atoms. The SMILES string of the molecule is Cc1nnc(C(N)c2ccccc2)n1-c1ccccc1. The van der Waals surface area contributed by atoms with Gasteiger partial charge < -0.3 is 5.73 Å². The molecule has 0 fully saturated rings. The maximum absolute atomic E-state index is 6.34. The number of rotatable bonds is 3. The Kier molecular flexibility index (Phi) is 3.31. The molecule has 0 aliphatic heterocycles. The summed E-state index contributed by atoms with van der Waals surface area (Å²) < 4.78 is 2.00. The van der Waals surface area contributed by atoms with E-state index in [1.807, 2.05) is 72.2 Å². The van der Waals surface area contributed by atoms with Crippen LogP contribution in [0.1, 0.15) is 23.3 Å². The van der Waals surface area contributed by atoms with Crippen molar-refractivity contribution in [2.24, 2.45) is 5.73 Å². The van der Waals surface area contributed by atoms with Crippen LogP contribution in [-0.4, -0.2) is 14.8 Å². The fourth-order valence-electron chi connectivity index (χ4n) is 2.29. The molecule has 100 valence electrons. The van der Waals surface area contributed by atoms with Crippen LogP contribution in [0.4, 0.5) is 0 Å². The van der Waals surface area contributed by atoms with Crippen LogP contribution in [0.5, 0.6) is 0 Å². The summed E-state index contributed by atoms with van der Waals surface area (Å²) in [5.74, 6) is 1.58. The highest BCUT2D eigenvalue weighted by molar-refractivity contribution is 5.36. The predicted octanol–water partition coefficient (Wildman–Crippen LogP) is 2.62. The lowest BCUT2D eigenvalue weighted by Gasteiger charge is -2.14. The van der Waals surface area contributed by atoms with E-state index in [0.717, 1.165) is 22.9 Å². The van der Waals surface area contributed by atoms with Crippen LogP contribution >= 0.6 is 0 Å². The third-order valence-electron chi connectivity index (χ3n) is 3.30. The van der Waals surface area contributed by atoms with Crippen molar-refractivity contribution in [3.8, 4) is 5.69 Å². The number of hydrogen-bond donors (Lipinski definition) is 1. The Bertz CT molecular complexity index is 689. The van der Waals surface area contributed by atoms with Gasteiger partial charge in [-0.2, -0.15) is 0 Å². The van der Waals surface area contributed by atoms with Crippen molar-refractivity contribution in [1.29, 1.82) is 0 Å². The average Bonchev–Trinajstić information content (AvgIpc) is 2.90. The minimum absolute atomic E-state index is 0.294. The van der Waals surface area contributed by atoms with Crippen LogP contribution < -0.4 is 5.73 Å². The maximum Gasteiger partial charge on any atom is 0.159 e. The van der Waals surface area contributed by atoms with Crippen molar-refractivity contribution < 1.29 is 0 Å². The molecule has 0 saturated heterocycles. The predicted molar refractivity (Wildman–Crippen MR) is 78.6 cm³/mol. The molecule has 0 aliphatic carbocycles. The lowest BCUT2D eigenvalue weighted by Crippen LogP contribution is -2.17. The molecule has 1 heterocycles.